The molecule has 0 aliphatic carbocycles. The van der Waals surface area contributed by atoms with E-state index in [9.17, 15) is 14.4 Å². The molecule has 432 valence electrons. The minimum absolute atomic E-state index is 0.0865. The molecular formula is C69H120O6. The highest BCUT2D eigenvalue weighted by atomic mass is 16.6. The van der Waals surface area contributed by atoms with Gasteiger partial charge in [-0.05, 0) is 122 Å². The molecule has 0 aromatic carbocycles. The van der Waals surface area contributed by atoms with Crippen LogP contribution in [0.3, 0.4) is 0 Å². The highest BCUT2D eigenvalue weighted by Crippen LogP contribution is 2.16. The molecular weight excluding hydrogens is 925 g/mol. The van der Waals surface area contributed by atoms with Crippen molar-refractivity contribution in [1.29, 1.82) is 0 Å². The Hall–Kier alpha value is -3.41. The van der Waals surface area contributed by atoms with Crippen molar-refractivity contribution >= 4 is 17.9 Å². The van der Waals surface area contributed by atoms with Gasteiger partial charge in [-0.3, -0.25) is 14.4 Å². The number of carbonyl (C=O) groups is 3. The molecule has 0 N–H and O–H groups in total. The molecule has 0 rings (SSSR count). The lowest BCUT2D eigenvalue weighted by molar-refractivity contribution is -0.167. The Kier molecular flexibility index (Phi) is 60.3. The van der Waals surface area contributed by atoms with Gasteiger partial charge in [0.2, 0.25) is 0 Å². The van der Waals surface area contributed by atoms with Crippen LogP contribution < -0.4 is 0 Å². The number of carbonyl (C=O) groups excluding carboxylic acids is 3. The number of hydrogen-bond donors (Lipinski definition) is 0. The predicted molar refractivity (Wildman–Crippen MR) is 325 cm³/mol. The summed E-state index contributed by atoms with van der Waals surface area (Å²) in [5, 5.41) is 0. The maximum absolute atomic E-state index is 12.9. The van der Waals surface area contributed by atoms with Crippen molar-refractivity contribution in [3.63, 3.8) is 0 Å². The molecule has 1 unspecified atom stereocenters. The summed E-state index contributed by atoms with van der Waals surface area (Å²) in [6.45, 7) is 6.59. The van der Waals surface area contributed by atoms with Crippen LogP contribution >= 0.6 is 0 Å². The van der Waals surface area contributed by atoms with Crippen LogP contribution in [0.15, 0.2) is 85.1 Å². The highest BCUT2D eigenvalue weighted by molar-refractivity contribution is 5.71. The first-order chi connectivity index (χ1) is 37.0. The van der Waals surface area contributed by atoms with E-state index in [1.165, 1.54) is 173 Å². The van der Waals surface area contributed by atoms with Crippen molar-refractivity contribution in [2.45, 2.75) is 322 Å². The van der Waals surface area contributed by atoms with E-state index in [-0.39, 0.29) is 31.1 Å². The van der Waals surface area contributed by atoms with Gasteiger partial charge in [0.1, 0.15) is 13.2 Å². The third kappa shape index (κ3) is 61.3. The maximum atomic E-state index is 12.9. The summed E-state index contributed by atoms with van der Waals surface area (Å²) in [4.78, 5) is 38.4. The van der Waals surface area contributed by atoms with E-state index in [1.54, 1.807) is 0 Å². The zero-order valence-corrected chi connectivity index (χ0v) is 49.6. The average molecular weight is 1050 g/mol. The molecule has 0 spiro atoms. The lowest BCUT2D eigenvalue weighted by atomic mass is 10.1. The minimum Gasteiger partial charge on any atom is -0.462 e. The van der Waals surface area contributed by atoms with Gasteiger partial charge in [0.05, 0.1) is 0 Å². The van der Waals surface area contributed by atoms with Gasteiger partial charge >= 0.3 is 17.9 Å². The summed E-state index contributed by atoms with van der Waals surface area (Å²) in [5.41, 5.74) is 0. The normalized spacial score (nSPS) is 12.6. The Morgan fingerprint density at radius 3 is 0.787 bits per heavy atom. The molecule has 0 aliphatic heterocycles. The fourth-order valence-electron chi connectivity index (χ4n) is 8.98. The number of allylic oxidation sites excluding steroid dienone is 14. The van der Waals surface area contributed by atoms with Crippen LogP contribution in [0, 0.1) is 0 Å². The number of ether oxygens (including phenoxy) is 3. The average Bonchev–Trinajstić information content (AvgIpc) is 3.41. The first-order valence-corrected chi connectivity index (χ1v) is 32.1. The molecule has 0 fully saturated rings. The van der Waals surface area contributed by atoms with E-state index in [0.29, 0.717) is 19.3 Å². The van der Waals surface area contributed by atoms with Gasteiger partial charge < -0.3 is 14.2 Å². The molecule has 0 aliphatic rings. The third-order valence-electron chi connectivity index (χ3n) is 13.8. The van der Waals surface area contributed by atoms with E-state index in [0.717, 1.165) is 103 Å². The van der Waals surface area contributed by atoms with Crippen LogP contribution in [0.5, 0.6) is 0 Å². The molecule has 0 heterocycles. The first kappa shape index (κ1) is 71.6. The van der Waals surface area contributed by atoms with Gasteiger partial charge in [-0.1, -0.05) is 260 Å². The second-order valence-electron chi connectivity index (χ2n) is 21.3. The number of unbranched alkanes of at least 4 members (excludes halogenated alkanes) is 33. The Morgan fingerprint density at radius 1 is 0.267 bits per heavy atom. The standard InChI is InChI=1S/C69H120O6/c1-4-7-10-13-16-19-22-25-28-31-34-37-40-43-46-49-52-55-58-61-67(70)73-64-66(75-69(72)63-60-57-54-51-48-45-42-39-36-33-30-27-24-21-18-15-12-9-6-3)65-74-68(71)62-59-56-53-50-47-44-41-38-35-32-29-26-23-20-17-14-11-8-5-2/h16,18-19,21,25-30,34,36-37,39,66H,4-15,17,20,22-24,31-33,35,38,40-65H2,1-3H3/b19-16-,21-18-,28-25-,29-26-,30-27-,37-34-,39-36-. The van der Waals surface area contributed by atoms with E-state index >= 15 is 0 Å². The molecule has 6 heteroatoms. The summed E-state index contributed by atoms with van der Waals surface area (Å²) in [6.07, 6.45) is 82.9. The van der Waals surface area contributed by atoms with Crippen LogP contribution in [0.2, 0.25) is 0 Å². The van der Waals surface area contributed by atoms with E-state index < -0.39 is 6.10 Å². The minimum atomic E-state index is -0.792. The molecule has 0 amide bonds. The van der Waals surface area contributed by atoms with Gasteiger partial charge in [-0.2, -0.15) is 0 Å². The Labute approximate surface area is 465 Å². The molecule has 0 radical (unpaired) electrons. The van der Waals surface area contributed by atoms with Crippen LogP contribution in [0.4, 0.5) is 0 Å². The molecule has 75 heavy (non-hydrogen) atoms. The monoisotopic (exact) mass is 1040 g/mol. The molecule has 0 aromatic heterocycles. The van der Waals surface area contributed by atoms with E-state index in [1.807, 2.05) is 0 Å². The fraction of sp³-hybridized carbons (Fsp3) is 0.754. The van der Waals surface area contributed by atoms with Crippen molar-refractivity contribution < 1.29 is 28.6 Å². The largest absolute Gasteiger partial charge is 0.462 e. The first-order valence-electron chi connectivity index (χ1n) is 32.1. The van der Waals surface area contributed by atoms with Gasteiger partial charge in [0.15, 0.2) is 6.10 Å². The van der Waals surface area contributed by atoms with Crippen molar-refractivity contribution in [3.8, 4) is 0 Å². The Morgan fingerprint density at radius 2 is 0.480 bits per heavy atom. The molecule has 0 bridgehead atoms. The van der Waals surface area contributed by atoms with Crippen LogP contribution in [-0.4, -0.2) is 37.2 Å². The van der Waals surface area contributed by atoms with E-state index in [4.69, 9.17) is 14.2 Å². The number of esters is 3. The van der Waals surface area contributed by atoms with Crippen LogP contribution in [0.25, 0.3) is 0 Å². The molecule has 0 aromatic rings. The Balaban J connectivity index is 4.43. The summed E-state index contributed by atoms with van der Waals surface area (Å²) in [6, 6.07) is 0. The van der Waals surface area contributed by atoms with Gasteiger partial charge in [0, 0.05) is 19.3 Å². The van der Waals surface area contributed by atoms with E-state index in [2.05, 4.69) is 106 Å². The van der Waals surface area contributed by atoms with Gasteiger partial charge in [-0.25, -0.2) is 0 Å². The second kappa shape index (κ2) is 63.1. The smallest absolute Gasteiger partial charge is 0.306 e. The fourth-order valence-corrected chi connectivity index (χ4v) is 8.98. The van der Waals surface area contributed by atoms with Gasteiger partial charge in [-0.15, -0.1) is 0 Å². The number of hydrogen-bond acceptors (Lipinski definition) is 6. The maximum Gasteiger partial charge on any atom is 0.306 e. The van der Waals surface area contributed by atoms with Crippen molar-refractivity contribution in [2.75, 3.05) is 13.2 Å². The lowest BCUT2D eigenvalue weighted by Gasteiger charge is -2.18. The SMILES string of the molecule is CCCCC/C=C\C/C=C\C/C=C\CCCCCCCCC(=O)OCC(COC(=O)CCCCCCCCCCC/C=C\CCCCCCCC)OC(=O)CCCCCCCC/C=C\C/C=C\C/C=C\CCCCC. The summed E-state index contributed by atoms with van der Waals surface area (Å²) >= 11 is 0. The topological polar surface area (TPSA) is 78.9 Å². The molecule has 0 saturated carbocycles. The number of rotatable bonds is 58. The Bertz CT molecular complexity index is 1430. The third-order valence-corrected chi connectivity index (χ3v) is 13.8. The van der Waals surface area contributed by atoms with Crippen molar-refractivity contribution in [2.24, 2.45) is 0 Å². The quantitative estimate of drug-likeness (QED) is 0.0261. The van der Waals surface area contributed by atoms with Crippen LogP contribution in [0.1, 0.15) is 316 Å². The zero-order chi connectivity index (χ0) is 54.3. The lowest BCUT2D eigenvalue weighted by Crippen LogP contribution is -2.30. The van der Waals surface area contributed by atoms with Gasteiger partial charge in [0.25, 0.3) is 0 Å². The zero-order valence-electron chi connectivity index (χ0n) is 49.6. The second-order valence-corrected chi connectivity index (χ2v) is 21.3. The van der Waals surface area contributed by atoms with Crippen molar-refractivity contribution in [3.05, 3.63) is 85.1 Å². The summed E-state index contributed by atoms with van der Waals surface area (Å²) < 4.78 is 16.9. The van der Waals surface area contributed by atoms with Crippen LogP contribution in [-0.2, 0) is 28.6 Å². The summed E-state index contributed by atoms with van der Waals surface area (Å²) in [5.74, 6) is -0.902. The molecule has 6 nitrogen and oxygen atoms in total. The molecule has 1 atom stereocenters. The predicted octanol–water partition coefficient (Wildman–Crippen LogP) is 21.9. The highest BCUT2D eigenvalue weighted by Gasteiger charge is 2.19. The molecule has 0 saturated heterocycles. The van der Waals surface area contributed by atoms with Crippen molar-refractivity contribution in [1.82, 2.24) is 0 Å². The summed E-state index contributed by atoms with van der Waals surface area (Å²) in [7, 11) is 0.